The molecule has 1 atom stereocenters. The lowest BCUT2D eigenvalue weighted by Gasteiger charge is -2.20. The van der Waals surface area contributed by atoms with E-state index in [1.165, 1.54) is 5.56 Å². The average molecular weight is 237 g/mol. The minimum absolute atomic E-state index is 0.173. The molecule has 1 aliphatic heterocycles. The Hall–Kier alpha value is -1.15. The molecule has 1 aliphatic rings. The van der Waals surface area contributed by atoms with Gasteiger partial charge in [0, 0.05) is 17.0 Å². The molecule has 0 spiro atoms. The first-order valence-corrected chi connectivity index (χ1v) is 5.92. The van der Waals surface area contributed by atoms with E-state index in [2.05, 4.69) is 24.4 Å². The summed E-state index contributed by atoms with van der Waals surface area (Å²) in [5.41, 5.74) is 7.19. The highest BCUT2D eigenvalue weighted by Crippen LogP contribution is 2.29. The van der Waals surface area contributed by atoms with Crippen molar-refractivity contribution in [3.63, 3.8) is 0 Å². The summed E-state index contributed by atoms with van der Waals surface area (Å²) in [6.45, 7) is 3.16. The number of nitrogens with two attached hydrogens (primary N) is 1. The van der Waals surface area contributed by atoms with Gasteiger partial charge >= 0.3 is 0 Å². The fraction of sp³-hybridized carbons (Fsp3) is 0.385. The lowest BCUT2D eigenvalue weighted by molar-refractivity contribution is 0.407. The van der Waals surface area contributed by atoms with Gasteiger partial charge in [0.15, 0.2) is 0 Å². The van der Waals surface area contributed by atoms with Crippen molar-refractivity contribution in [3.8, 4) is 0 Å². The molecule has 2 rings (SSSR count). The Kier molecular flexibility index (Phi) is 3.10. The van der Waals surface area contributed by atoms with Crippen LogP contribution in [0.3, 0.4) is 0 Å². The second-order valence-electron chi connectivity index (χ2n) is 4.74. The Morgan fingerprint density at radius 2 is 2.31 bits per heavy atom. The topological polar surface area (TPSA) is 38.0 Å². The van der Waals surface area contributed by atoms with E-state index < -0.39 is 0 Å². The van der Waals surface area contributed by atoms with E-state index in [1.807, 2.05) is 18.2 Å². The zero-order chi connectivity index (χ0) is 11.6. The van der Waals surface area contributed by atoms with Gasteiger partial charge in [0.2, 0.25) is 0 Å². The summed E-state index contributed by atoms with van der Waals surface area (Å²) in [7, 11) is 0. The van der Waals surface area contributed by atoms with Gasteiger partial charge in [-0.2, -0.15) is 0 Å². The van der Waals surface area contributed by atoms with Crippen molar-refractivity contribution in [2.45, 2.75) is 19.8 Å². The summed E-state index contributed by atoms with van der Waals surface area (Å²) in [5, 5.41) is 3.98. The predicted molar refractivity (Wildman–Crippen MR) is 68.2 cm³/mol. The van der Waals surface area contributed by atoms with E-state index >= 15 is 0 Å². The van der Waals surface area contributed by atoms with Gasteiger partial charge in [0.25, 0.3) is 0 Å². The molecule has 0 unspecified atom stereocenters. The number of hydrogen-bond acceptors (Lipinski definition) is 2. The van der Waals surface area contributed by atoms with Gasteiger partial charge < -0.3 is 11.1 Å². The Balaban J connectivity index is 1.98. The third kappa shape index (κ3) is 2.70. The Morgan fingerprint density at radius 3 is 2.94 bits per heavy atom. The second-order valence-corrected chi connectivity index (χ2v) is 5.17. The number of nitrogens with one attached hydrogen (secondary N) is 1. The van der Waals surface area contributed by atoms with Crippen LogP contribution in [0.1, 0.15) is 18.9 Å². The summed E-state index contributed by atoms with van der Waals surface area (Å²) in [5.74, 6) is 0.800. The monoisotopic (exact) mass is 236 g/mol. The maximum Gasteiger partial charge on any atom is 0.0925 e. The largest absolute Gasteiger partial charge is 0.386 e. The molecule has 1 aromatic carbocycles. The first-order valence-electron chi connectivity index (χ1n) is 5.54. The van der Waals surface area contributed by atoms with Crippen molar-refractivity contribution < 1.29 is 0 Å². The second kappa shape index (κ2) is 4.38. The normalized spacial score (nSPS) is 24.0. The highest BCUT2D eigenvalue weighted by atomic mass is 35.5. The Labute approximate surface area is 101 Å². The zero-order valence-corrected chi connectivity index (χ0v) is 10.2. The molecular weight excluding hydrogens is 220 g/mol. The van der Waals surface area contributed by atoms with E-state index in [0.29, 0.717) is 0 Å². The molecule has 0 fully saturated rings. The van der Waals surface area contributed by atoms with Gasteiger partial charge in [0.05, 0.1) is 5.82 Å². The highest BCUT2D eigenvalue weighted by molar-refractivity contribution is 6.30. The number of benzene rings is 1. The molecule has 3 N–H and O–H groups in total. The molecule has 0 saturated carbocycles. The quantitative estimate of drug-likeness (QED) is 0.847. The van der Waals surface area contributed by atoms with Gasteiger partial charge in [0.1, 0.15) is 0 Å². The van der Waals surface area contributed by atoms with Gasteiger partial charge in [-0.05, 0) is 36.6 Å². The van der Waals surface area contributed by atoms with Crippen molar-refractivity contribution in [1.82, 2.24) is 5.32 Å². The van der Waals surface area contributed by atoms with Crippen LogP contribution in [0.15, 0.2) is 36.2 Å². The fourth-order valence-electron chi connectivity index (χ4n) is 2.06. The fourth-order valence-corrected chi connectivity index (χ4v) is 2.28. The summed E-state index contributed by atoms with van der Waals surface area (Å²) in [6.07, 6.45) is 4.24. The first-order chi connectivity index (χ1) is 7.57. The molecule has 86 valence electrons. The van der Waals surface area contributed by atoms with E-state index in [0.717, 1.165) is 30.2 Å². The van der Waals surface area contributed by atoms with Crippen LogP contribution in [-0.2, 0) is 6.42 Å². The number of hydrogen-bond donors (Lipinski definition) is 2. The molecule has 2 nitrogen and oxygen atoms in total. The predicted octanol–water partition coefficient (Wildman–Crippen LogP) is 2.68. The van der Waals surface area contributed by atoms with Crippen LogP contribution in [0.25, 0.3) is 0 Å². The highest BCUT2D eigenvalue weighted by Gasteiger charge is 2.26. The van der Waals surface area contributed by atoms with Gasteiger partial charge in [-0.1, -0.05) is 30.7 Å². The van der Waals surface area contributed by atoms with E-state index in [-0.39, 0.29) is 5.41 Å². The molecular formula is C13H17ClN2. The average Bonchev–Trinajstić information content (AvgIpc) is 2.57. The lowest BCUT2D eigenvalue weighted by Crippen LogP contribution is -2.23. The van der Waals surface area contributed by atoms with Crippen LogP contribution in [-0.4, -0.2) is 6.54 Å². The number of aryl methyl sites for hydroxylation is 1. The van der Waals surface area contributed by atoms with Crippen molar-refractivity contribution >= 4 is 11.6 Å². The van der Waals surface area contributed by atoms with Crippen LogP contribution >= 0.6 is 11.6 Å². The molecule has 0 radical (unpaired) electrons. The van der Waals surface area contributed by atoms with E-state index in [9.17, 15) is 0 Å². The third-order valence-corrected chi connectivity index (χ3v) is 3.31. The van der Waals surface area contributed by atoms with Crippen LogP contribution in [0, 0.1) is 5.41 Å². The maximum absolute atomic E-state index is 5.95. The van der Waals surface area contributed by atoms with Crippen molar-refractivity contribution in [2.75, 3.05) is 6.54 Å². The van der Waals surface area contributed by atoms with Crippen LogP contribution in [0.4, 0.5) is 0 Å². The van der Waals surface area contributed by atoms with E-state index in [1.54, 1.807) is 0 Å². The summed E-state index contributed by atoms with van der Waals surface area (Å²) in [4.78, 5) is 0. The smallest absolute Gasteiger partial charge is 0.0925 e. The standard InChI is InChI=1S/C13H17ClN2/c1-13(8-12(15)16-9-13)6-5-10-3-2-4-11(14)7-10/h2-4,7-8,16H,5-6,9,15H2,1H3/t13-/m0/s1. The van der Waals surface area contributed by atoms with Crippen LogP contribution < -0.4 is 11.1 Å². The summed E-state index contributed by atoms with van der Waals surface area (Å²) in [6, 6.07) is 8.05. The minimum Gasteiger partial charge on any atom is -0.386 e. The molecule has 1 heterocycles. The molecule has 0 aromatic heterocycles. The maximum atomic E-state index is 5.95. The van der Waals surface area contributed by atoms with E-state index in [4.69, 9.17) is 17.3 Å². The van der Waals surface area contributed by atoms with Crippen LogP contribution in [0.2, 0.25) is 5.02 Å². The Bertz CT molecular complexity index is 414. The zero-order valence-electron chi connectivity index (χ0n) is 9.46. The molecule has 16 heavy (non-hydrogen) atoms. The molecule has 3 heteroatoms. The van der Waals surface area contributed by atoms with Crippen molar-refractivity contribution in [1.29, 1.82) is 0 Å². The van der Waals surface area contributed by atoms with Gasteiger partial charge in [-0.15, -0.1) is 0 Å². The molecule has 1 aromatic rings. The molecule has 0 amide bonds. The SMILES string of the molecule is C[C@]1(CCc2cccc(Cl)c2)C=C(N)NC1. The number of halogens is 1. The number of rotatable bonds is 3. The Morgan fingerprint density at radius 1 is 1.50 bits per heavy atom. The van der Waals surface area contributed by atoms with Crippen molar-refractivity contribution in [3.05, 3.63) is 46.7 Å². The summed E-state index contributed by atoms with van der Waals surface area (Å²) >= 11 is 5.95. The van der Waals surface area contributed by atoms with Gasteiger partial charge in [-0.3, -0.25) is 0 Å². The van der Waals surface area contributed by atoms with Gasteiger partial charge in [-0.25, -0.2) is 0 Å². The molecule has 0 saturated heterocycles. The van der Waals surface area contributed by atoms with Crippen molar-refractivity contribution in [2.24, 2.45) is 11.1 Å². The lowest BCUT2D eigenvalue weighted by atomic mass is 9.85. The van der Waals surface area contributed by atoms with Crippen LogP contribution in [0.5, 0.6) is 0 Å². The minimum atomic E-state index is 0.173. The molecule has 0 bridgehead atoms. The molecule has 0 aliphatic carbocycles. The first kappa shape index (κ1) is 11.3. The third-order valence-electron chi connectivity index (χ3n) is 3.07. The summed E-state index contributed by atoms with van der Waals surface area (Å²) < 4.78 is 0.